The molecule has 0 amide bonds. The van der Waals surface area contributed by atoms with Crippen molar-refractivity contribution in [2.45, 2.75) is 40.0 Å². The Morgan fingerprint density at radius 3 is 2.65 bits per heavy atom. The van der Waals surface area contributed by atoms with Crippen molar-refractivity contribution in [1.29, 1.82) is 0 Å². The number of rotatable bonds is 9. The van der Waals surface area contributed by atoms with E-state index in [9.17, 15) is 0 Å². The molecule has 0 aliphatic heterocycles. The zero-order valence-corrected chi connectivity index (χ0v) is 15.5. The van der Waals surface area contributed by atoms with E-state index in [1.807, 2.05) is 31.3 Å². The summed E-state index contributed by atoms with van der Waals surface area (Å²) in [6.07, 6.45) is 5.12. The first-order chi connectivity index (χ1) is 11.0. The number of hydrazone groups is 1. The van der Waals surface area contributed by atoms with Crippen molar-refractivity contribution in [3.8, 4) is 5.75 Å². The van der Waals surface area contributed by atoms with Crippen LogP contribution in [0.2, 0.25) is 0 Å². The van der Waals surface area contributed by atoms with Crippen molar-refractivity contribution in [3.63, 3.8) is 0 Å². The van der Waals surface area contributed by atoms with Gasteiger partial charge in [0.1, 0.15) is 5.75 Å². The van der Waals surface area contributed by atoms with Crippen molar-refractivity contribution in [2.75, 3.05) is 20.2 Å². The summed E-state index contributed by atoms with van der Waals surface area (Å²) in [6, 6.07) is 7.93. The van der Waals surface area contributed by atoms with Crippen LogP contribution in [0.4, 0.5) is 0 Å². The summed E-state index contributed by atoms with van der Waals surface area (Å²) in [4.78, 5) is 0. The van der Waals surface area contributed by atoms with Crippen molar-refractivity contribution in [2.24, 2.45) is 11.0 Å². The lowest BCUT2D eigenvalue weighted by molar-refractivity contribution is 0.289. The maximum Gasteiger partial charge on any atom is 0.189 e. The summed E-state index contributed by atoms with van der Waals surface area (Å²) in [5.41, 5.74) is 1.02. The van der Waals surface area contributed by atoms with Crippen LogP contribution in [0, 0.1) is 5.92 Å². The number of thiocarbonyl (C=S) groups is 1. The van der Waals surface area contributed by atoms with Gasteiger partial charge in [-0.15, -0.1) is 0 Å². The second-order valence-corrected chi connectivity index (χ2v) is 6.34. The molecule has 4 nitrogen and oxygen atoms in total. The van der Waals surface area contributed by atoms with Crippen LogP contribution in [0.25, 0.3) is 0 Å². The predicted molar refractivity (Wildman–Crippen MR) is 102 cm³/mol. The maximum absolute atomic E-state index is 5.70. The molecule has 0 fully saturated rings. The third kappa shape index (κ3) is 8.55. The average Bonchev–Trinajstić information content (AvgIpc) is 2.53. The van der Waals surface area contributed by atoms with Crippen LogP contribution in [0.15, 0.2) is 29.4 Å². The van der Waals surface area contributed by atoms with Gasteiger partial charge in [0.05, 0.1) is 12.8 Å². The van der Waals surface area contributed by atoms with Gasteiger partial charge in [-0.2, -0.15) is 5.10 Å². The quantitative estimate of drug-likeness (QED) is 0.320. The maximum atomic E-state index is 5.70. The number of unbranched alkanes of at least 4 members (excludes halogenated alkanes) is 1. The first kappa shape index (κ1) is 19.4. The van der Waals surface area contributed by atoms with Crippen LogP contribution in [-0.2, 0) is 0 Å². The molecule has 128 valence electrons. The van der Waals surface area contributed by atoms with Crippen LogP contribution in [-0.4, -0.2) is 36.5 Å². The van der Waals surface area contributed by atoms with E-state index in [0.29, 0.717) is 11.0 Å². The topological polar surface area (TPSA) is 36.9 Å². The first-order valence-corrected chi connectivity index (χ1v) is 8.72. The van der Waals surface area contributed by atoms with Crippen molar-refractivity contribution >= 4 is 23.5 Å². The summed E-state index contributed by atoms with van der Waals surface area (Å²) in [5, 5.41) is 9.86. The molecule has 0 spiro atoms. The summed E-state index contributed by atoms with van der Waals surface area (Å²) in [6.45, 7) is 8.19. The summed E-state index contributed by atoms with van der Waals surface area (Å²) < 4.78 is 5.70. The molecule has 23 heavy (non-hydrogen) atoms. The van der Waals surface area contributed by atoms with Gasteiger partial charge in [-0.1, -0.05) is 27.2 Å². The molecule has 5 heteroatoms. The normalized spacial score (nSPS) is 11.0. The van der Waals surface area contributed by atoms with E-state index in [0.717, 1.165) is 43.7 Å². The van der Waals surface area contributed by atoms with Gasteiger partial charge in [-0.3, -0.25) is 0 Å². The molecule has 0 bridgehead atoms. The smallest absolute Gasteiger partial charge is 0.189 e. The van der Waals surface area contributed by atoms with Crippen molar-refractivity contribution in [1.82, 2.24) is 10.3 Å². The van der Waals surface area contributed by atoms with E-state index in [2.05, 4.69) is 31.2 Å². The van der Waals surface area contributed by atoms with Gasteiger partial charge < -0.3 is 10.1 Å². The van der Waals surface area contributed by atoms with E-state index in [1.165, 1.54) is 0 Å². The highest BCUT2D eigenvalue weighted by Crippen LogP contribution is 2.12. The van der Waals surface area contributed by atoms with Gasteiger partial charge in [-0.05, 0) is 60.8 Å². The minimum atomic E-state index is 0.642. The van der Waals surface area contributed by atoms with Gasteiger partial charge in [-0.25, -0.2) is 5.01 Å². The third-order valence-corrected chi connectivity index (χ3v) is 3.73. The molecule has 0 unspecified atom stereocenters. The van der Waals surface area contributed by atoms with Crippen molar-refractivity contribution < 1.29 is 4.74 Å². The second kappa shape index (κ2) is 11.0. The number of ether oxygens (including phenoxy) is 1. The summed E-state index contributed by atoms with van der Waals surface area (Å²) >= 11 is 5.28. The Kier molecular flexibility index (Phi) is 9.29. The molecule has 0 heterocycles. The Bertz CT molecular complexity index is 486. The van der Waals surface area contributed by atoms with Crippen LogP contribution in [0.1, 0.15) is 45.6 Å². The Hall–Kier alpha value is -1.62. The van der Waals surface area contributed by atoms with Gasteiger partial charge >= 0.3 is 0 Å². The Morgan fingerprint density at radius 2 is 2.04 bits per heavy atom. The molecule has 0 radical (unpaired) electrons. The zero-order valence-electron chi connectivity index (χ0n) is 14.7. The molecular weight excluding hydrogens is 306 g/mol. The molecule has 0 atom stereocenters. The number of benzene rings is 1. The van der Waals surface area contributed by atoms with Crippen molar-refractivity contribution in [3.05, 3.63) is 29.8 Å². The SMILES string of the molecule is CCCCNC(=S)N(C)/N=C/c1ccc(OCCC(C)C)cc1. The number of nitrogens with zero attached hydrogens (tertiary/aromatic N) is 2. The molecule has 0 aliphatic rings. The summed E-state index contributed by atoms with van der Waals surface area (Å²) in [7, 11) is 1.85. The summed E-state index contributed by atoms with van der Waals surface area (Å²) in [5.74, 6) is 1.56. The molecule has 0 saturated heterocycles. The number of hydrogen-bond acceptors (Lipinski definition) is 3. The van der Waals surface area contributed by atoms with Gasteiger partial charge in [0.25, 0.3) is 0 Å². The number of hydrogen-bond donors (Lipinski definition) is 1. The van der Waals surface area contributed by atoms with Crippen LogP contribution in [0.5, 0.6) is 5.75 Å². The first-order valence-electron chi connectivity index (χ1n) is 8.31. The third-order valence-electron chi connectivity index (χ3n) is 3.32. The fourth-order valence-corrected chi connectivity index (χ4v) is 1.90. The largest absolute Gasteiger partial charge is 0.494 e. The van der Waals surface area contributed by atoms with Crippen LogP contribution < -0.4 is 10.1 Å². The zero-order chi connectivity index (χ0) is 17.1. The second-order valence-electron chi connectivity index (χ2n) is 5.95. The fourth-order valence-electron chi connectivity index (χ4n) is 1.75. The standard InChI is InChI=1S/C18H29N3OS/c1-5-6-12-19-18(23)21(4)20-14-16-7-9-17(10-8-16)22-13-11-15(2)3/h7-10,14-15H,5-6,11-13H2,1-4H3,(H,19,23)/b20-14+. The van der Waals surface area contributed by atoms with E-state index >= 15 is 0 Å². The molecule has 1 aromatic rings. The average molecular weight is 336 g/mol. The Labute approximate surface area is 145 Å². The molecule has 0 saturated carbocycles. The molecule has 0 aromatic heterocycles. The Morgan fingerprint density at radius 1 is 1.35 bits per heavy atom. The van der Waals surface area contributed by atoms with Gasteiger partial charge in [0.2, 0.25) is 0 Å². The lowest BCUT2D eigenvalue weighted by atomic mass is 10.1. The molecule has 1 aromatic carbocycles. The highest BCUT2D eigenvalue weighted by atomic mass is 32.1. The molecule has 1 rings (SSSR count). The highest BCUT2D eigenvalue weighted by molar-refractivity contribution is 7.80. The van der Waals surface area contributed by atoms with E-state index < -0.39 is 0 Å². The molecular formula is C18H29N3OS. The minimum Gasteiger partial charge on any atom is -0.494 e. The van der Waals surface area contributed by atoms with E-state index in [4.69, 9.17) is 17.0 Å². The molecule has 0 aliphatic carbocycles. The lowest BCUT2D eigenvalue weighted by Gasteiger charge is -2.15. The monoisotopic (exact) mass is 335 g/mol. The molecule has 1 N–H and O–H groups in total. The van der Waals surface area contributed by atoms with Gasteiger partial charge in [0.15, 0.2) is 5.11 Å². The highest BCUT2D eigenvalue weighted by Gasteiger charge is 2.00. The Balaban J connectivity index is 2.42. The van der Waals surface area contributed by atoms with E-state index in [1.54, 1.807) is 11.2 Å². The lowest BCUT2D eigenvalue weighted by Crippen LogP contribution is -2.34. The van der Waals surface area contributed by atoms with Gasteiger partial charge in [0, 0.05) is 13.6 Å². The number of nitrogens with one attached hydrogen (secondary N) is 1. The fraction of sp³-hybridized carbons (Fsp3) is 0.556. The minimum absolute atomic E-state index is 0.642. The predicted octanol–water partition coefficient (Wildman–Crippen LogP) is 4.05. The van der Waals surface area contributed by atoms with Crippen LogP contribution >= 0.6 is 12.2 Å². The van der Waals surface area contributed by atoms with Crippen LogP contribution in [0.3, 0.4) is 0 Å². The van der Waals surface area contributed by atoms with E-state index in [-0.39, 0.29) is 0 Å².